The number of ether oxygens (including phenoxy) is 1. The fraction of sp³-hybridized carbons (Fsp3) is 0.833. The Kier molecular flexibility index (Phi) is 9.53. The summed E-state index contributed by atoms with van der Waals surface area (Å²) in [5, 5.41) is 14.7. The van der Waals surface area contributed by atoms with Crippen molar-refractivity contribution in [3.05, 3.63) is 11.8 Å². The third-order valence-electron chi connectivity index (χ3n) is 7.26. The van der Waals surface area contributed by atoms with Crippen LogP contribution in [0.25, 0.3) is 0 Å². The van der Waals surface area contributed by atoms with Gasteiger partial charge < -0.3 is 20.7 Å². The molecule has 0 aromatic rings. The minimum absolute atomic E-state index is 0.0127. The van der Waals surface area contributed by atoms with Gasteiger partial charge in [0.2, 0.25) is 5.91 Å². The van der Waals surface area contributed by atoms with E-state index in [0.29, 0.717) is 6.54 Å². The Bertz CT molecular complexity index is 724. The molecule has 9 heteroatoms. The summed E-state index contributed by atoms with van der Waals surface area (Å²) in [5.41, 5.74) is 10.8. The van der Waals surface area contributed by atoms with E-state index in [1.807, 2.05) is 18.1 Å². The quantitative estimate of drug-likeness (QED) is 0.416. The van der Waals surface area contributed by atoms with Crippen LogP contribution in [0.1, 0.15) is 52.9 Å². The Labute approximate surface area is 199 Å². The molecule has 3 aliphatic rings. The molecule has 4 N–H and O–H groups in total. The van der Waals surface area contributed by atoms with Gasteiger partial charge in [-0.15, -0.1) is 0 Å². The molecular formula is C24H43N7O2. The predicted octanol–water partition coefficient (Wildman–Crippen LogP) is 1.20. The van der Waals surface area contributed by atoms with Crippen LogP contribution in [0.2, 0.25) is 0 Å². The van der Waals surface area contributed by atoms with Crippen LogP contribution in [0.5, 0.6) is 0 Å². The van der Waals surface area contributed by atoms with Gasteiger partial charge >= 0.3 is 0 Å². The Morgan fingerprint density at radius 3 is 2.82 bits per heavy atom. The van der Waals surface area contributed by atoms with Crippen molar-refractivity contribution < 1.29 is 9.53 Å². The molecule has 0 bridgehead atoms. The van der Waals surface area contributed by atoms with Gasteiger partial charge in [-0.2, -0.15) is 5.26 Å². The SMILES string of the molecule is CCCCCN1CC(C(C)C#N)=CN2NC(N)C(C(=O)NC3CN(CCC)CCC3OC)C12. The van der Waals surface area contributed by atoms with Gasteiger partial charge in [0.1, 0.15) is 12.1 Å². The summed E-state index contributed by atoms with van der Waals surface area (Å²) in [4.78, 5) is 18.3. The van der Waals surface area contributed by atoms with Gasteiger partial charge in [0, 0.05) is 39.5 Å². The third-order valence-corrected chi connectivity index (χ3v) is 7.26. The Morgan fingerprint density at radius 1 is 1.36 bits per heavy atom. The molecule has 33 heavy (non-hydrogen) atoms. The summed E-state index contributed by atoms with van der Waals surface area (Å²) in [6.45, 7) is 10.7. The van der Waals surface area contributed by atoms with Crippen molar-refractivity contribution in [2.45, 2.75) is 77.4 Å². The standard InChI is InChI=1S/C24H43N7O2/c1-5-7-8-11-30-14-18(17(3)13-25)15-31-24(30)21(22(26)28-31)23(32)27-19-16-29(10-6-2)12-9-20(19)33-4/h15,17,19-22,24,28H,5-12,14,16,26H2,1-4H3,(H,27,32). The average molecular weight is 462 g/mol. The molecule has 3 rings (SSSR count). The van der Waals surface area contributed by atoms with Crippen molar-refractivity contribution in [2.24, 2.45) is 17.6 Å². The molecule has 0 aromatic carbocycles. The molecule has 0 aromatic heterocycles. The third kappa shape index (κ3) is 6.06. The highest BCUT2D eigenvalue weighted by Gasteiger charge is 2.49. The maximum Gasteiger partial charge on any atom is 0.230 e. The van der Waals surface area contributed by atoms with Gasteiger partial charge in [0.05, 0.1) is 30.3 Å². The van der Waals surface area contributed by atoms with E-state index in [1.165, 1.54) is 0 Å². The highest BCUT2D eigenvalue weighted by molar-refractivity contribution is 5.81. The minimum Gasteiger partial charge on any atom is -0.379 e. The van der Waals surface area contributed by atoms with Crippen LogP contribution in [0.4, 0.5) is 0 Å². The van der Waals surface area contributed by atoms with Gasteiger partial charge in [-0.3, -0.25) is 14.7 Å². The second-order valence-corrected chi connectivity index (χ2v) is 9.71. The summed E-state index contributed by atoms with van der Waals surface area (Å²) in [6.07, 6.45) is 6.67. The summed E-state index contributed by atoms with van der Waals surface area (Å²) in [5.74, 6) is -0.626. The number of methoxy groups -OCH3 is 1. The topological polar surface area (TPSA) is 110 Å². The van der Waals surface area contributed by atoms with Gasteiger partial charge in [0.15, 0.2) is 0 Å². The van der Waals surface area contributed by atoms with E-state index in [2.05, 4.69) is 40.5 Å². The van der Waals surface area contributed by atoms with Crippen molar-refractivity contribution in [3.8, 4) is 6.07 Å². The van der Waals surface area contributed by atoms with Gasteiger partial charge in [-0.25, -0.2) is 5.43 Å². The molecule has 3 aliphatic heterocycles. The second kappa shape index (κ2) is 12.1. The zero-order valence-electron chi connectivity index (χ0n) is 20.8. The monoisotopic (exact) mass is 461 g/mol. The van der Waals surface area contributed by atoms with Crippen LogP contribution < -0.4 is 16.5 Å². The zero-order valence-corrected chi connectivity index (χ0v) is 20.8. The molecule has 0 aliphatic carbocycles. The van der Waals surface area contributed by atoms with Crippen LogP contribution in [-0.4, -0.2) is 85.0 Å². The van der Waals surface area contributed by atoms with Crippen molar-refractivity contribution in [3.63, 3.8) is 0 Å². The minimum atomic E-state index is -0.493. The number of piperidine rings is 1. The lowest BCUT2D eigenvalue weighted by Gasteiger charge is -2.42. The Balaban J connectivity index is 1.77. The number of unbranched alkanes of at least 4 members (excludes halogenated alkanes) is 2. The molecule has 2 fully saturated rings. The number of fused-ring (bicyclic) bond motifs is 1. The van der Waals surface area contributed by atoms with Crippen molar-refractivity contribution in [1.82, 2.24) is 25.6 Å². The molecule has 6 unspecified atom stereocenters. The molecule has 2 saturated heterocycles. The van der Waals surface area contributed by atoms with Crippen LogP contribution in [-0.2, 0) is 9.53 Å². The first kappa shape index (κ1) is 25.9. The summed E-state index contributed by atoms with van der Waals surface area (Å²) < 4.78 is 5.72. The van der Waals surface area contributed by atoms with Crippen LogP contribution in [0.15, 0.2) is 11.8 Å². The molecule has 0 saturated carbocycles. The summed E-state index contributed by atoms with van der Waals surface area (Å²) >= 11 is 0. The van der Waals surface area contributed by atoms with Gasteiger partial charge in [-0.05, 0) is 38.3 Å². The number of amides is 1. The number of carbonyl (C=O) groups excluding carboxylic acids is 1. The number of nitrogens with zero attached hydrogens (tertiary/aromatic N) is 4. The number of rotatable bonds is 10. The average Bonchev–Trinajstić information content (AvgIpc) is 3.15. The Hall–Kier alpha value is -1.70. The maximum absolute atomic E-state index is 13.6. The van der Waals surface area contributed by atoms with Crippen LogP contribution in [0, 0.1) is 23.2 Å². The number of nitriles is 1. The molecule has 0 spiro atoms. The van der Waals surface area contributed by atoms with Gasteiger partial charge in [-0.1, -0.05) is 26.7 Å². The van der Waals surface area contributed by atoms with Crippen LogP contribution in [0.3, 0.4) is 0 Å². The summed E-state index contributed by atoms with van der Waals surface area (Å²) in [6, 6.07) is 2.30. The normalized spacial score (nSPS) is 31.6. The second-order valence-electron chi connectivity index (χ2n) is 9.71. The maximum atomic E-state index is 13.6. The van der Waals surface area contributed by atoms with Crippen molar-refractivity contribution in [1.29, 1.82) is 5.26 Å². The van der Waals surface area contributed by atoms with E-state index >= 15 is 0 Å². The molecule has 6 atom stereocenters. The highest BCUT2D eigenvalue weighted by atomic mass is 16.5. The number of likely N-dealkylation sites (tertiary alicyclic amines) is 1. The fourth-order valence-electron chi connectivity index (χ4n) is 5.37. The Morgan fingerprint density at radius 2 is 2.15 bits per heavy atom. The molecule has 0 radical (unpaired) electrons. The molecule has 186 valence electrons. The van der Waals surface area contributed by atoms with E-state index in [9.17, 15) is 10.1 Å². The smallest absolute Gasteiger partial charge is 0.230 e. The first-order valence-electron chi connectivity index (χ1n) is 12.6. The molecule has 3 heterocycles. The van der Waals surface area contributed by atoms with Crippen LogP contribution >= 0.6 is 0 Å². The molecule has 1 amide bonds. The lowest BCUT2D eigenvalue weighted by Crippen LogP contribution is -2.60. The predicted molar refractivity (Wildman–Crippen MR) is 128 cm³/mol. The first-order valence-corrected chi connectivity index (χ1v) is 12.6. The molecule has 9 nitrogen and oxygen atoms in total. The van der Waals surface area contributed by atoms with E-state index < -0.39 is 12.1 Å². The number of nitrogens with one attached hydrogen (secondary N) is 2. The number of hydrazine groups is 1. The first-order chi connectivity index (χ1) is 15.9. The number of hydrogen-bond acceptors (Lipinski definition) is 8. The number of carbonyl (C=O) groups is 1. The lowest BCUT2D eigenvalue weighted by atomic mass is 9.95. The largest absolute Gasteiger partial charge is 0.379 e. The van der Waals surface area contributed by atoms with E-state index in [4.69, 9.17) is 10.5 Å². The van der Waals surface area contributed by atoms with Crippen molar-refractivity contribution >= 4 is 5.91 Å². The fourth-order valence-corrected chi connectivity index (χ4v) is 5.37. The van der Waals surface area contributed by atoms with Crippen molar-refractivity contribution in [2.75, 3.05) is 39.8 Å². The number of hydrogen-bond donors (Lipinski definition) is 3. The molecular weight excluding hydrogens is 418 g/mol. The van der Waals surface area contributed by atoms with E-state index in [1.54, 1.807) is 7.11 Å². The van der Waals surface area contributed by atoms with E-state index in [0.717, 1.165) is 63.9 Å². The zero-order chi connectivity index (χ0) is 24.0. The highest BCUT2D eigenvalue weighted by Crippen LogP contribution is 2.31. The lowest BCUT2D eigenvalue weighted by molar-refractivity contribution is -0.131. The number of nitrogens with two attached hydrogens (primary N) is 1. The summed E-state index contributed by atoms with van der Waals surface area (Å²) in [7, 11) is 1.73. The van der Waals surface area contributed by atoms with E-state index in [-0.39, 0.29) is 30.1 Å². The van der Waals surface area contributed by atoms with Gasteiger partial charge in [0.25, 0.3) is 0 Å².